The number of aromatic carboxylic acids is 1. The van der Waals surface area contributed by atoms with Gasteiger partial charge in [0.25, 0.3) is 0 Å². The lowest BCUT2D eigenvalue weighted by Crippen LogP contribution is -2.08. The van der Waals surface area contributed by atoms with Crippen molar-refractivity contribution in [2.75, 3.05) is 7.11 Å². The Labute approximate surface area is 128 Å². The van der Waals surface area contributed by atoms with Crippen LogP contribution in [0.15, 0.2) is 41.3 Å². The van der Waals surface area contributed by atoms with Gasteiger partial charge in [-0.15, -0.1) is 12.6 Å². The minimum atomic E-state index is -1.00. The van der Waals surface area contributed by atoms with Crippen molar-refractivity contribution in [3.8, 4) is 11.5 Å². The van der Waals surface area contributed by atoms with Gasteiger partial charge < -0.3 is 14.6 Å². The molecular weight excluding hydrogens is 288 g/mol. The second-order valence-corrected chi connectivity index (χ2v) is 5.05. The van der Waals surface area contributed by atoms with Crippen molar-refractivity contribution in [3.05, 3.63) is 53.1 Å². The van der Waals surface area contributed by atoms with Crippen molar-refractivity contribution in [1.82, 2.24) is 0 Å². The van der Waals surface area contributed by atoms with E-state index in [1.165, 1.54) is 13.2 Å². The highest BCUT2D eigenvalue weighted by atomic mass is 32.1. The Morgan fingerprint density at radius 2 is 2.00 bits per heavy atom. The third-order valence-corrected chi connectivity index (χ3v) is 3.39. The van der Waals surface area contributed by atoms with Crippen LogP contribution in [0.25, 0.3) is 0 Å². The maximum atomic E-state index is 11.3. The highest BCUT2D eigenvalue weighted by Crippen LogP contribution is 2.26. The lowest BCUT2D eigenvalue weighted by atomic mass is 10.1. The standard InChI is InChI=1S/C16H16O4S/c1-10-8-11(21)6-7-14(10)20-9-13-12(16(17)18)4-3-5-15(13)19-2/h3-8,21H,9H2,1-2H3,(H,17,18). The molecule has 0 aromatic heterocycles. The Balaban J connectivity index is 2.28. The summed E-state index contributed by atoms with van der Waals surface area (Å²) in [6, 6.07) is 10.4. The van der Waals surface area contributed by atoms with Crippen LogP contribution in [0.4, 0.5) is 0 Å². The van der Waals surface area contributed by atoms with Gasteiger partial charge in [-0.2, -0.15) is 0 Å². The third kappa shape index (κ3) is 3.49. The number of carboxylic acids is 1. The number of methoxy groups -OCH3 is 1. The number of hydrogen-bond donors (Lipinski definition) is 2. The summed E-state index contributed by atoms with van der Waals surface area (Å²) in [6.45, 7) is 2.04. The van der Waals surface area contributed by atoms with E-state index in [2.05, 4.69) is 12.6 Å². The topological polar surface area (TPSA) is 55.8 Å². The molecule has 5 heteroatoms. The summed E-state index contributed by atoms with van der Waals surface area (Å²) >= 11 is 4.26. The van der Waals surface area contributed by atoms with E-state index in [1.54, 1.807) is 12.1 Å². The molecule has 0 amide bonds. The molecular formula is C16H16O4S. The zero-order valence-corrected chi connectivity index (χ0v) is 12.7. The second-order valence-electron chi connectivity index (χ2n) is 4.53. The molecule has 0 saturated carbocycles. The second kappa shape index (κ2) is 6.54. The summed E-state index contributed by atoms with van der Waals surface area (Å²) in [7, 11) is 1.51. The molecule has 0 aliphatic heterocycles. The Bertz CT molecular complexity index is 667. The molecule has 0 heterocycles. The molecule has 110 valence electrons. The molecule has 21 heavy (non-hydrogen) atoms. The minimum absolute atomic E-state index is 0.123. The summed E-state index contributed by atoms with van der Waals surface area (Å²) in [5.41, 5.74) is 1.63. The normalized spacial score (nSPS) is 10.2. The number of benzene rings is 2. The van der Waals surface area contributed by atoms with Gasteiger partial charge >= 0.3 is 5.97 Å². The number of aryl methyl sites for hydroxylation is 1. The number of carboxylic acid groups (broad SMARTS) is 1. The maximum absolute atomic E-state index is 11.3. The molecule has 0 aliphatic carbocycles. The quantitative estimate of drug-likeness (QED) is 0.829. The van der Waals surface area contributed by atoms with E-state index in [-0.39, 0.29) is 12.2 Å². The van der Waals surface area contributed by atoms with Crippen molar-refractivity contribution in [2.24, 2.45) is 0 Å². The van der Waals surface area contributed by atoms with E-state index in [9.17, 15) is 9.90 Å². The first-order chi connectivity index (χ1) is 10.0. The lowest BCUT2D eigenvalue weighted by molar-refractivity contribution is 0.0693. The van der Waals surface area contributed by atoms with E-state index in [4.69, 9.17) is 9.47 Å². The molecule has 0 aliphatic rings. The van der Waals surface area contributed by atoms with Gasteiger partial charge in [-0.1, -0.05) is 6.07 Å². The van der Waals surface area contributed by atoms with Crippen LogP contribution >= 0.6 is 12.6 Å². The minimum Gasteiger partial charge on any atom is -0.496 e. The Morgan fingerprint density at radius 3 is 2.62 bits per heavy atom. The first kappa shape index (κ1) is 15.3. The highest BCUT2D eigenvalue weighted by molar-refractivity contribution is 7.80. The average molecular weight is 304 g/mol. The Morgan fingerprint density at radius 1 is 1.24 bits per heavy atom. The first-order valence-electron chi connectivity index (χ1n) is 6.34. The van der Waals surface area contributed by atoms with Gasteiger partial charge in [-0.05, 0) is 42.8 Å². The maximum Gasteiger partial charge on any atom is 0.336 e. The smallest absolute Gasteiger partial charge is 0.336 e. The molecule has 2 rings (SSSR count). The SMILES string of the molecule is COc1cccc(C(=O)O)c1COc1ccc(S)cc1C. The van der Waals surface area contributed by atoms with Gasteiger partial charge in [0, 0.05) is 10.5 Å². The van der Waals surface area contributed by atoms with Gasteiger partial charge in [0.1, 0.15) is 18.1 Å². The molecule has 1 N–H and O–H groups in total. The number of rotatable bonds is 5. The summed E-state index contributed by atoms with van der Waals surface area (Å²) < 4.78 is 11.0. The van der Waals surface area contributed by atoms with Gasteiger partial charge in [0.05, 0.1) is 12.7 Å². The van der Waals surface area contributed by atoms with Crippen LogP contribution in [0.3, 0.4) is 0 Å². The van der Waals surface area contributed by atoms with Gasteiger partial charge in [0.2, 0.25) is 0 Å². The van der Waals surface area contributed by atoms with Crippen molar-refractivity contribution in [3.63, 3.8) is 0 Å². The number of thiol groups is 1. The largest absolute Gasteiger partial charge is 0.496 e. The van der Waals surface area contributed by atoms with Crippen LogP contribution in [0.5, 0.6) is 11.5 Å². The fourth-order valence-corrected chi connectivity index (χ4v) is 2.32. The third-order valence-electron chi connectivity index (χ3n) is 3.11. The summed E-state index contributed by atoms with van der Waals surface area (Å²) in [5, 5.41) is 9.25. The van der Waals surface area contributed by atoms with E-state index >= 15 is 0 Å². The molecule has 2 aromatic carbocycles. The van der Waals surface area contributed by atoms with Crippen molar-refractivity contribution in [1.29, 1.82) is 0 Å². The summed E-state index contributed by atoms with van der Waals surface area (Å²) in [5.74, 6) is 0.184. The van der Waals surface area contributed by atoms with Gasteiger partial charge in [-0.3, -0.25) is 0 Å². The highest BCUT2D eigenvalue weighted by Gasteiger charge is 2.15. The number of hydrogen-bond acceptors (Lipinski definition) is 4. The van der Waals surface area contributed by atoms with Crippen LogP contribution in [0, 0.1) is 6.92 Å². The predicted molar refractivity (Wildman–Crippen MR) is 82.7 cm³/mol. The molecule has 0 saturated heterocycles. The molecule has 0 fully saturated rings. The summed E-state index contributed by atoms with van der Waals surface area (Å²) in [4.78, 5) is 12.1. The van der Waals surface area contributed by atoms with Crippen molar-refractivity contribution >= 4 is 18.6 Å². The van der Waals surface area contributed by atoms with Crippen LogP contribution < -0.4 is 9.47 Å². The number of carbonyl (C=O) groups is 1. The first-order valence-corrected chi connectivity index (χ1v) is 6.79. The molecule has 0 atom stereocenters. The fraction of sp³-hybridized carbons (Fsp3) is 0.188. The fourth-order valence-electron chi connectivity index (χ4n) is 2.05. The average Bonchev–Trinajstić information content (AvgIpc) is 2.45. The molecule has 0 bridgehead atoms. The summed E-state index contributed by atoms with van der Waals surface area (Å²) in [6.07, 6.45) is 0. The van der Waals surface area contributed by atoms with E-state index in [0.29, 0.717) is 17.1 Å². The predicted octanol–water partition coefficient (Wildman–Crippen LogP) is 3.57. The molecule has 0 unspecified atom stereocenters. The monoisotopic (exact) mass is 304 g/mol. The van der Waals surface area contributed by atoms with Gasteiger partial charge in [-0.25, -0.2) is 4.79 Å². The van der Waals surface area contributed by atoms with E-state index in [0.717, 1.165) is 10.5 Å². The van der Waals surface area contributed by atoms with Crippen molar-refractivity contribution in [2.45, 2.75) is 18.4 Å². The molecule has 4 nitrogen and oxygen atoms in total. The van der Waals surface area contributed by atoms with Crippen LogP contribution in [-0.2, 0) is 6.61 Å². The molecule has 2 aromatic rings. The zero-order valence-electron chi connectivity index (χ0n) is 11.8. The van der Waals surface area contributed by atoms with Crippen LogP contribution in [0.1, 0.15) is 21.5 Å². The lowest BCUT2D eigenvalue weighted by Gasteiger charge is -2.14. The van der Waals surface area contributed by atoms with Gasteiger partial charge in [0.15, 0.2) is 0 Å². The van der Waals surface area contributed by atoms with E-state index in [1.807, 2.05) is 25.1 Å². The molecule has 0 spiro atoms. The van der Waals surface area contributed by atoms with Crippen LogP contribution in [0.2, 0.25) is 0 Å². The van der Waals surface area contributed by atoms with E-state index < -0.39 is 5.97 Å². The Hall–Kier alpha value is -2.14. The molecule has 0 radical (unpaired) electrons. The van der Waals surface area contributed by atoms with Crippen molar-refractivity contribution < 1.29 is 19.4 Å². The zero-order chi connectivity index (χ0) is 15.4. The Kier molecular flexibility index (Phi) is 4.75. The van der Waals surface area contributed by atoms with Crippen LogP contribution in [-0.4, -0.2) is 18.2 Å². The number of ether oxygens (including phenoxy) is 2.